The minimum atomic E-state index is -0.402. The predicted molar refractivity (Wildman–Crippen MR) is 102 cm³/mol. The van der Waals surface area contributed by atoms with Crippen molar-refractivity contribution in [2.75, 3.05) is 0 Å². The van der Waals surface area contributed by atoms with E-state index in [4.69, 9.17) is 11.6 Å². The molecule has 3 nitrogen and oxygen atoms in total. The highest BCUT2D eigenvalue weighted by Gasteiger charge is 2.17. The van der Waals surface area contributed by atoms with E-state index in [1.54, 1.807) is 10.6 Å². The van der Waals surface area contributed by atoms with E-state index in [1.165, 1.54) is 28.7 Å². The standard InChI is InChI=1S/C18H12ClFN2OS2/c1-2-22-15-11(20)7-5-9-13(15)25-18(22)21-17(23)16-14(19)10-6-3-4-8-12(10)24-16/h3-9H,2H2,1H3. The van der Waals surface area contributed by atoms with E-state index >= 15 is 0 Å². The van der Waals surface area contributed by atoms with Gasteiger partial charge in [-0.1, -0.05) is 47.2 Å². The molecule has 0 spiro atoms. The van der Waals surface area contributed by atoms with Crippen LogP contribution < -0.4 is 4.80 Å². The number of amides is 1. The summed E-state index contributed by atoms with van der Waals surface area (Å²) < 4.78 is 17.6. The van der Waals surface area contributed by atoms with E-state index < -0.39 is 5.91 Å². The lowest BCUT2D eigenvalue weighted by molar-refractivity contribution is 0.100. The van der Waals surface area contributed by atoms with E-state index in [1.807, 2.05) is 37.3 Å². The summed E-state index contributed by atoms with van der Waals surface area (Å²) in [6.07, 6.45) is 0. The normalized spacial score (nSPS) is 12.4. The molecule has 4 aromatic rings. The first-order chi connectivity index (χ1) is 12.1. The molecular formula is C18H12ClFN2OS2. The van der Waals surface area contributed by atoms with Crippen molar-refractivity contribution in [3.05, 3.63) is 63.0 Å². The summed E-state index contributed by atoms with van der Waals surface area (Å²) in [7, 11) is 0. The molecule has 0 aliphatic heterocycles. The summed E-state index contributed by atoms with van der Waals surface area (Å²) in [5, 5.41) is 1.27. The van der Waals surface area contributed by atoms with Gasteiger partial charge in [-0.15, -0.1) is 11.3 Å². The largest absolute Gasteiger partial charge is 0.314 e. The number of hydrogen-bond acceptors (Lipinski definition) is 3. The van der Waals surface area contributed by atoms with Gasteiger partial charge in [-0.05, 0) is 25.1 Å². The second-order valence-corrected chi connectivity index (χ2v) is 7.81. The zero-order valence-electron chi connectivity index (χ0n) is 13.1. The minimum Gasteiger partial charge on any atom is -0.314 e. The highest BCUT2D eigenvalue weighted by Crippen LogP contribution is 2.35. The fourth-order valence-corrected chi connectivity index (χ4v) is 5.26. The number of aryl methyl sites for hydroxylation is 1. The number of hydrogen-bond donors (Lipinski definition) is 0. The molecule has 2 aromatic carbocycles. The molecule has 0 aliphatic rings. The van der Waals surface area contributed by atoms with E-state index in [0.717, 1.165) is 14.8 Å². The fraction of sp³-hybridized carbons (Fsp3) is 0.111. The maximum atomic E-state index is 14.2. The van der Waals surface area contributed by atoms with Crippen LogP contribution in [-0.2, 0) is 6.54 Å². The van der Waals surface area contributed by atoms with Gasteiger partial charge in [0.25, 0.3) is 5.91 Å². The Bertz CT molecular complexity index is 1190. The van der Waals surface area contributed by atoms with Crippen LogP contribution in [0.25, 0.3) is 20.3 Å². The molecule has 2 aromatic heterocycles. The highest BCUT2D eigenvalue weighted by atomic mass is 35.5. The average Bonchev–Trinajstić information content (AvgIpc) is 3.13. The predicted octanol–water partition coefficient (Wildman–Crippen LogP) is 5.47. The number of thiazole rings is 1. The Morgan fingerprint density at radius 1 is 1.16 bits per heavy atom. The molecule has 0 radical (unpaired) electrons. The van der Waals surface area contributed by atoms with Gasteiger partial charge >= 0.3 is 0 Å². The molecule has 1 amide bonds. The van der Waals surface area contributed by atoms with Gasteiger partial charge in [-0.2, -0.15) is 4.99 Å². The van der Waals surface area contributed by atoms with Crippen LogP contribution >= 0.6 is 34.3 Å². The van der Waals surface area contributed by atoms with Crippen LogP contribution in [-0.4, -0.2) is 10.5 Å². The van der Waals surface area contributed by atoms with Gasteiger partial charge in [-0.3, -0.25) is 4.79 Å². The van der Waals surface area contributed by atoms with Crippen molar-refractivity contribution in [3.63, 3.8) is 0 Å². The lowest BCUT2D eigenvalue weighted by atomic mass is 10.2. The number of halogens is 2. The second kappa shape index (κ2) is 6.37. The Kier molecular flexibility index (Phi) is 4.19. The van der Waals surface area contributed by atoms with Crippen molar-refractivity contribution >= 4 is 60.5 Å². The third kappa shape index (κ3) is 2.70. The van der Waals surface area contributed by atoms with Gasteiger partial charge in [0.2, 0.25) is 0 Å². The number of aromatic nitrogens is 1. The molecule has 25 heavy (non-hydrogen) atoms. The molecule has 126 valence electrons. The first kappa shape index (κ1) is 16.4. The lowest BCUT2D eigenvalue weighted by Crippen LogP contribution is -2.16. The van der Waals surface area contributed by atoms with Crippen LogP contribution in [0, 0.1) is 5.82 Å². The molecule has 0 unspecified atom stereocenters. The number of fused-ring (bicyclic) bond motifs is 2. The van der Waals surface area contributed by atoms with Crippen molar-refractivity contribution in [3.8, 4) is 0 Å². The zero-order valence-corrected chi connectivity index (χ0v) is 15.5. The summed E-state index contributed by atoms with van der Waals surface area (Å²) in [5.41, 5.74) is 0.476. The van der Waals surface area contributed by atoms with Crippen LogP contribution in [0.2, 0.25) is 5.02 Å². The summed E-state index contributed by atoms with van der Waals surface area (Å²) in [5.74, 6) is -0.718. The Morgan fingerprint density at radius 3 is 2.68 bits per heavy atom. The third-order valence-corrected chi connectivity index (χ3v) is 6.60. The molecule has 0 atom stereocenters. The average molecular weight is 391 g/mol. The number of benzene rings is 2. The van der Waals surface area contributed by atoms with Gasteiger partial charge < -0.3 is 4.57 Å². The van der Waals surface area contributed by atoms with Crippen molar-refractivity contribution in [2.45, 2.75) is 13.5 Å². The van der Waals surface area contributed by atoms with Gasteiger partial charge in [-0.25, -0.2) is 4.39 Å². The van der Waals surface area contributed by atoms with Gasteiger partial charge in [0.15, 0.2) is 4.80 Å². The van der Waals surface area contributed by atoms with Crippen LogP contribution in [0.1, 0.15) is 16.6 Å². The second-order valence-electron chi connectivity index (χ2n) is 5.37. The summed E-state index contributed by atoms with van der Waals surface area (Å²) >= 11 is 8.98. The SMILES string of the molecule is CCn1c(=NC(=O)c2sc3ccccc3c2Cl)sc2cccc(F)c21. The smallest absolute Gasteiger partial charge is 0.291 e. The number of para-hydroxylation sites is 1. The number of carbonyl (C=O) groups excluding carboxylic acids is 1. The molecule has 2 heterocycles. The quantitative estimate of drug-likeness (QED) is 0.446. The molecule has 4 rings (SSSR count). The van der Waals surface area contributed by atoms with Gasteiger partial charge in [0.1, 0.15) is 10.7 Å². The molecule has 0 saturated carbocycles. The Balaban J connectivity index is 1.90. The van der Waals surface area contributed by atoms with Gasteiger partial charge in [0, 0.05) is 16.6 Å². The molecule has 0 aliphatic carbocycles. The topological polar surface area (TPSA) is 34.4 Å². The molecule has 7 heteroatoms. The zero-order chi connectivity index (χ0) is 17.6. The first-order valence-corrected chi connectivity index (χ1v) is 9.65. The molecule has 0 fully saturated rings. The first-order valence-electron chi connectivity index (χ1n) is 7.64. The summed E-state index contributed by atoms with van der Waals surface area (Å²) in [4.78, 5) is 17.8. The van der Waals surface area contributed by atoms with Crippen molar-refractivity contribution in [1.29, 1.82) is 0 Å². The highest BCUT2D eigenvalue weighted by molar-refractivity contribution is 7.21. The number of rotatable bonds is 2. The Hall–Kier alpha value is -2.02. The molecule has 0 bridgehead atoms. The van der Waals surface area contributed by atoms with Crippen LogP contribution in [0.4, 0.5) is 4.39 Å². The van der Waals surface area contributed by atoms with Crippen molar-refractivity contribution in [2.24, 2.45) is 4.99 Å². The van der Waals surface area contributed by atoms with Crippen LogP contribution in [0.3, 0.4) is 0 Å². The van der Waals surface area contributed by atoms with E-state index in [0.29, 0.717) is 26.8 Å². The van der Waals surface area contributed by atoms with E-state index in [2.05, 4.69) is 4.99 Å². The maximum Gasteiger partial charge on any atom is 0.291 e. The fourth-order valence-electron chi connectivity index (χ4n) is 2.75. The number of thiophene rings is 1. The Labute approximate surface area is 155 Å². The van der Waals surface area contributed by atoms with E-state index in [-0.39, 0.29) is 5.82 Å². The van der Waals surface area contributed by atoms with Crippen molar-refractivity contribution < 1.29 is 9.18 Å². The lowest BCUT2D eigenvalue weighted by Gasteiger charge is -2.00. The minimum absolute atomic E-state index is 0.315. The van der Waals surface area contributed by atoms with Crippen LogP contribution in [0.5, 0.6) is 0 Å². The number of carbonyl (C=O) groups is 1. The van der Waals surface area contributed by atoms with Gasteiger partial charge in [0.05, 0.1) is 15.2 Å². The van der Waals surface area contributed by atoms with Crippen LogP contribution in [0.15, 0.2) is 47.5 Å². The van der Waals surface area contributed by atoms with E-state index in [9.17, 15) is 9.18 Å². The third-order valence-electron chi connectivity index (χ3n) is 3.89. The number of nitrogens with zero attached hydrogens (tertiary/aromatic N) is 2. The molecule has 0 saturated heterocycles. The Morgan fingerprint density at radius 2 is 1.92 bits per heavy atom. The monoisotopic (exact) mass is 390 g/mol. The summed E-state index contributed by atoms with van der Waals surface area (Å²) in [6.45, 7) is 2.42. The van der Waals surface area contributed by atoms with Crippen molar-refractivity contribution in [1.82, 2.24) is 4.57 Å². The molecule has 0 N–H and O–H groups in total. The maximum absolute atomic E-state index is 14.2. The summed E-state index contributed by atoms with van der Waals surface area (Å²) in [6, 6.07) is 12.5. The molecular weight excluding hydrogens is 379 g/mol.